The van der Waals surface area contributed by atoms with Crippen LogP contribution in [0, 0.1) is 0 Å². The van der Waals surface area contributed by atoms with E-state index in [1.54, 1.807) is 36.5 Å². The molecule has 3 aromatic rings. The molecule has 0 aliphatic heterocycles. The van der Waals surface area contributed by atoms with Gasteiger partial charge in [-0.25, -0.2) is 0 Å². The number of pyridine rings is 1. The molecule has 0 radical (unpaired) electrons. The lowest BCUT2D eigenvalue weighted by molar-refractivity contribution is 0.413. The van der Waals surface area contributed by atoms with Crippen LogP contribution in [0.5, 0.6) is 17.2 Å². The van der Waals surface area contributed by atoms with Crippen molar-refractivity contribution in [1.82, 2.24) is 4.98 Å². The Bertz CT molecular complexity index is 790. The van der Waals surface area contributed by atoms with Crippen LogP contribution in [0.25, 0.3) is 10.9 Å². The fraction of sp³-hybridized carbons (Fsp3) is 0. The number of benzene rings is 2. The molecule has 5 heteroatoms. The Balaban J connectivity index is 2.11. The predicted molar refractivity (Wildman–Crippen MR) is 79.9 cm³/mol. The number of fused-ring (bicyclic) bond motifs is 1. The van der Waals surface area contributed by atoms with Crippen LogP contribution < -0.4 is 4.74 Å². The standard InChI is InChI=1S/C15H9Cl2NO2/c16-9-3-5-12(19)14(8-9)20-13-6-4-11(17)10-2-1-7-18-15(10)13/h1-8,19H. The Morgan fingerprint density at radius 3 is 2.70 bits per heavy atom. The molecule has 1 aromatic heterocycles. The Morgan fingerprint density at radius 2 is 1.85 bits per heavy atom. The van der Waals surface area contributed by atoms with Gasteiger partial charge in [-0.05, 0) is 36.4 Å². The van der Waals surface area contributed by atoms with Crippen molar-refractivity contribution in [3.8, 4) is 17.2 Å². The summed E-state index contributed by atoms with van der Waals surface area (Å²) in [5.41, 5.74) is 0.624. The third kappa shape index (κ3) is 2.38. The number of nitrogens with zero attached hydrogens (tertiary/aromatic N) is 1. The van der Waals surface area contributed by atoms with Crippen molar-refractivity contribution in [2.45, 2.75) is 0 Å². The molecule has 0 bridgehead atoms. The Hall–Kier alpha value is -1.97. The lowest BCUT2D eigenvalue weighted by Gasteiger charge is -2.10. The summed E-state index contributed by atoms with van der Waals surface area (Å²) in [6.07, 6.45) is 1.66. The molecule has 100 valence electrons. The molecule has 1 N–H and O–H groups in total. The van der Waals surface area contributed by atoms with Gasteiger partial charge in [0.25, 0.3) is 0 Å². The zero-order valence-electron chi connectivity index (χ0n) is 10.2. The van der Waals surface area contributed by atoms with E-state index in [1.807, 2.05) is 6.07 Å². The topological polar surface area (TPSA) is 42.4 Å². The third-order valence-electron chi connectivity index (χ3n) is 2.82. The van der Waals surface area contributed by atoms with Crippen LogP contribution in [-0.4, -0.2) is 10.1 Å². The highest BCUT2D eigenvalue weighted by Crippen LogP contribution is 2.37. The smallest absolute Gasteiger partial charge is 0.170 e. The minimum Gasteiger partial charge on any atom is -0.504 e. The summed E-state index contributed by atoms with van der Waals surface area (Å²) >= 11 is 12.0. The van der Waals surface area contributed by atoms with Gasteiger partial charge in [-0.3, -0.25) is 4.98 Å². The second kappa shape index (κ2) is 5.19. The van der Waals surface area contributed by atoms with Gasteiger partial charge in [-0.1, -0.05) is 23.2 Å². The highest BCUT2D eigenvalue weighted by Gasteiger charge is 2.10. The number of halogens is 2. The van der Waals surface area contributed by atoms with Crippen LogP contribution in [0.2, 0.25) is 10.0 Å². The Kier molecular flexibility index (Phi) is 3.38. The van der Waals surface area contributed by atoms with Gasteiger partial charge in [0.1, 0.15) is 5.52 Å². The first kappa shape index (κ1) is 13.0. The fourth-order valence-electron chi connectivity index (χ4n) is 1.88. The van der Waals surface area contributed by atoms with E-state index in [0.717, 1.165) is 5.39 Å². The van der Waals surface area contributed by atoms with Crippen molar-refractivity contribution in [2.75, 3.05) is 0 Å². The molecule has 3 nitrogen and oxygen atoms in total. The van der Waals surface area contributed by atoms with Gasteiger partial charge < -0.3 is 9.84 Å². The molecule has 0 atom stereocenters. The van der Waals surface area contributed by atoms with E-state index >= 15 is 0 Å². The van der Waals surface area contributed by atoms with Crippen molar-refractivity contribution in [3.05, 3.63) is 58.7 Å². The molecule has 0 amide bonds. The number of rotatable bonds is 2. The van der Waals surface area contributed by atoms with Gasteiger partial charge >= 0.3 is 0 Å². The molecule has 0 aliphatic rings. The number of hydrogen-bond donors (Lipinski definition) is 1. The van der Waals surface area contributed by atoms with Gasteiger partial charge in [0, 0.05) is 22.7 Å². The quantitative estimate of drug-likeness (QED) is 0.721. The zero-order valence-corrected chi connectivity index (χ0v) is 11.7. The van der Waals surface area contributed by atoms with E-state index in [9.17, 15) is 5.11 Å². The minimum atomic E-state index is 0.00781. The highest BCUT2D eigenvalue weighted by atomic mass is 35.5. The summed E-state index contributed by atoms with van der Waals surface area (Å²) in [5.74, 6) is 0.780. The molecule has 0 saturated heterocycles. The monoisotopic (exact) mass is 305 g/mol. The normalized spacial score (nSPS) is 10.7. The second-order valence-electron chi connectivity index (χ2n) is 4.16. The molecule has 0 aliphatic carbocycles. The first-order valence-corrected chi connectivity index (χ1v) is 6.60. The van der Waals surface area contributed by atoms with Gasteiger partial charge in [0.15, 0.2) is 17.2 Å². The first-order valence-electron chi connectivity index (χ1n) is 5.85. The summed E-state index contributed by atoms with van der Waals surface area (Å²) in [4.78, 5) is 4.27. The van der Waals surface area contributed by atoms with Crippen LogP contribution in [0.3, 0.4) is 0 Å². The van der Waals surface area contributed by atoms with Gasteiger partial charge in [0.05, 0.1) is 5.02 Å². The number of hydrogen-bond acceptors (Lipinski definition) is 3. The minimum absolute atomic E-state index is 0.00781. The fourth-order valence-corrected chi connectivity index (χ4v) is 2.26. The highest BCUT2D eigenvalue weighted by molar-refractivity contribution is 6.35. The maximum Gasteiger partial charge on any atom is 0.170 e. The summed E-state index contributed by atoms with van der Waals surface area (Å²) < 4.78 is 5.70. The van der Waals surface area contributed by atoms with Crippen molar-refractivity contribution < 1.29 is 9.84 Å². The molecule has 0 saturated carbocycles. The van der Waals surface area contributed by atoms with Crippen LogP contribution >= 0.6 is 23.2 Å². The van der Waals surface area contributed by atoms with E-state index in [1.165, 1.54) is 6.07 Å². The molecule has 1 heterocycles. The number of phenolic OH excluding ortho intramolecular Hbond substituents is 1. The molecule has 0 fully saturated rings. The van der Waals surface area contributed by atoms with Crippen LogP contribution in [0.1, 0.15) is 0 Å². The first-order chi connectivity index (χ1) is 9.65. The predicted octanol–water partition coefficient (Wildman–Crippen LogP) is 5.04. The van der Waals surface area contributed by atoms with Gasteiger partial charge in [-0.2, -0.15) is 0 Å². The van der Waals surface area contributed by atoms with E-state index in [0.29, 0.717) is 21.3 Å². The van der Waals surface area contributed by atoms with Crippen LogP contribution in [-0.2, 0) is 0 Å². The Labute approximate surface area is 125 Å². The van der Waals surface area contributed by atoms with Crippen molar-refractivity contribution in [1.29, 1.82) is 0 Å². The van der Waals surface area contributed by atoms with E-state index in [2.05, 4.69) is 4.98 Å². The number of phenols is 1. The largest absolute Gasteiger partial charge is 0.504 e. The Morgan fingerprint density at radius 1 is 1.00 bits per heavy atom. The third-order valence-corrected chi connectivity index (χ3v) is 3.39. The molecule has 3 rings (SSSR count). The average Bonchev–Trinajstić information content (AvgIpc) is 2.46. The van der Waals surface area contributed by atoms with Gasteiger partial charge in [-0.15, -0.1) is 0 Å². The molecule has 2 aromatic carbocycles. The van der Waals surface area contributed by atoms with E-state index in [-0.39, 0.29) is 11.5 Å². The maximum atomic E-state index is 9.79. The van der Waals surface area contributed by atoms with E-state index < -0.39 is 0 Å². The average molecular weight is 306 g/mol. The number of ether oxygens (including phenoxy) is 1. The molecular weight excluding hydrogens is 297 g/mol. The summed E-state index contributed by atoms with van der Waals surface area (Å²) in [7, 11) is 0. The van der Waals surface area contributed by atoms with Gasteiger partial charge in [0.2, 0.25) is 0 Å². The number of aromatic nitrogens is 1. The van der Waals surface area contributed by atoms with Crippen LogP contribution in [0.15, 0.2) is 48.7 Å². The van der Waals surface area contributed by atoms with Crippen molar-refractivity contribution >= 4 is 34.1 Å². The lowest BCUT2D eigenvalue weighted by Crippen LogP contribution is -1.89. The molecular formula is C15H9Cl2NO2. The zero-order chi connectivity index (χ0) is 14.1. The number of aromatic hydroxyl groups is 1. The summed E-state index contributed by atoms with van der Waals surface area (Å²) in [6.45, 7) is 0. The lowest BCUT2D eigenvalue weighted by atomic mass is 10.2. The van der Waals surface area contributed by atoms with Crippen molar-refractivity contribution in [2.24, 2.45) is 0 Å². The second-order valence-corrected chi connectivity index (χ2v) is 5.00. The SMILES string of the molecule is Oc1ccc(Cl)cc1Oc1ccc(Cl)c2cccnc12. The summed E-state index contributed by atoms with van der Waals surface area (Å²) in [5, 5.41) is 11.6. The molecule has 20 heavy (non-hydrogen) atoms. The van der Waals surface area contributed by atoms with Crippen molar-refractivity contribution in [3.63, 3.8) is 0 Å². The molecule has 0 spiro atoms. The van der Waals surface area contributed by atoms with Crippen LogP contribution in [0.4, 0.5) is 0 Å². The summed E-state index contributed by atoms with van der Waals surface area (Å²) in [6, 6.07) is 11.7. The van der Waals surface area contributed by atoms with E-state index in [4.69, 9.17) is 27.9 Å². The maximum absolute atomic E-state index is 9.79. The molecule has 0 unspecified atom stereocenters.